The molecule has 5 nitrogen and oxygen atoms in total. The van der Waals surface area contributed by atoms with E-state index in [4.69, 9.17) is 5.26 Å². The number of hydrogen-bond donors (Lipinski definition) is 0. The number of nitrogens with zero attached hydrogens (tertiary/aromatic N) is 3. The summed E-state index contributed by atoms with van der Waals surface area (Å²) < 4.78 is 26.3. The fourth-order valence-electron chi connectivity index (χ4n) is 2.37. The van der Waals surface area contributed by atoms with Crippen LogP contribution in [-0.4, -0.2) is 50.3 Å². The highest BCUT2D eigenvalue weighted by Crippen LogP contribution is 2.14. The smallest absolute Gasteiger partial charge is 0.218 e. The zero-order valence-corrected chi connectivity index (χ0v) is 12.4. The van der Waals surface area contributed by atoms with Gasteiger partial charge in [-0.25, -0.2) is 8.42 Å². The molecule has 20 heavy (non-hydrogen) atoms. The summed E-state index contributed by atoms with van der Waals surface area (Å²) >= 11 is 0. The first-order valence-electron chi connectivity index (χ1n) is 6.64. The van der Waals surface area contributed by atoms with Gasteiger partial charge in [-0.2, -0.15) is 9.57 Å². The van der Waals surface area contributed by atoms with Gasteiger partial charge >= 0.3 is 0 Å². The third-order valence-corrected chi connectivity index (χ3v) is 5.30. The fraction of sp³-hybridized carbons (Fsp3) is 0.500. The lowest BCUT2D eigenvalue weighted by atomic mass is 10.2. The molecule has 0 radical (unpaired) electrons. The van der Waals surface area contributed by atoms with Crippen LogP contribution in [0.5, 0.6) is 0 Å². The van der Waals surface area contributed by atoms with Gasteiger partial charge in [0.05, 0.1) is 18.4 Å². The Balaban J connectivity index is 2.00. The predicted octanol–water partition coefficient (Wildman–Crippen LogP) is 0.966. The molecule has 0 saturated carbocycles. The van der Waals surface area contributed by atoms with Crippen molar-refractivity contribution >= 4 is 10.0 Å². The molecule has 0 amide bonds. The second-order valence-corrected chi connectivity index (χ2v) is 7.05. The number of rotatable bonds is 4. The molecule has 0 N–H and O–H groups in total. The molecule has 0 unspecified atom stereocenters. The molecule has 0 bridgehead atoms. The molecule has 1 aromatic carbocycles. The molecular weight excluding hydrogens is 274 g/mol. The molecular formula is C14H19N3O2S. The minimum Gasteiger partial charge on any atom is -0.288 e. The van der Waals surface area contributed by atoms with Crippen LogP contribution in [0.4, 0.5) is 0 Å². The van der Waals surface area contributed by atoms with E-state index in [0.717, 1.165) is 11.1 Å². The van der Waals surface area contributed by atoms with E-state index in [9.17, 15) is 8.42 Å². The summed E-state index contributed by atoms with van der Waals surface area (Å²) in [6.45, 7) is 4.51. The van der Waals surface area contributed by atoms with Crippen molar-refractivity contribution in [3.05, 3.63) is 35.4 Å². The topological polar surface area (TPSA) is 64.4 Å². The molecule has 2 rings (SSSR count). The number of hydrogen-bond acceptors (Lipinski definition) is 4. The Hall–Kier alpha value is -1.42. The SMILES string of the molecule is Cc1cccc(CS(=O)(=O)N2CCN(CC#N)CC2)c1. The van der Waals surface area contributed by atoms with Gasteiger partial charge in [0, 0.05) is 26.2 Å². The normalized spacial score (nSPS) is 17.8. The first-order chi connectivity index (χ1) is 9.51. The average molecular weight is 293 g/mol. The van der Waals surface area contributed by atoms with Crippen LogP contribution in [-0.2, 0) is 15.8 Å². The Morgan fingerprint density at radius 2 is 1.95 bits per heavy atom. The second-order valence-electron chi connectivity index (χ2n) is 5.08. The average Bonchev–Trinajstić information content (AvgIpc) is 2.39. The van der Waals surface area contributed by atoms with Crippen molar-refractivity contribution in [2.24, 2.45) is 0 Å². The molecule has 1 aliphatic heterocycles. The Labute approximate surface area is 120 Å². The molecule has 6 heteroatoms. The van der Waals surface area contributed by atoms with Gasteiger partial charge in [-0.1, -0.05) is 29.8 Å². The minimum atomic E-state index is -3.27. The molecule has 0 atom stereocenters. The Morgan fingerprint density at radius 3 is 2.55 bits per heavy atom. The van der Waals surface area contributed by atoms with Crippen molar-refractivity contribution in [3.8, 4) is 6.07 Å². The molecule has 1 aliphatic rings. The summed E-state index contributed by atoms with van der Waals surface area (Å²) in [6, 6.07) is 9.68. The van der Waals surface area contributed by atoms with Crippen molar-refractivity contribution in [1.82, 2.24) is 9.21 Å². The van der Waals surface area contributed by atoms with E-state index in [0.29, 0.717) is 32.7 Å². The number of nitriles is 1. The van der Waals surface area contributed by atoms with E-state index in [1.165, 1.54) is 4.31 Å². The van der Waals surface area contributed by atoms with Crippen molar-refractivity contribution in [1.29, 1.82) is 5.26 Å². The Bertz CT molecular complexity index is 599. The molecule has 0 spiro atoms. The van der Waals surface area contributed by atoms with Crippen LogP contribution in [0.15, 0.2) is 24.3 Å². The maximum absolute atomic E-state index is 12.4. The lowest BCUT2D eigenvalue weighted by Crippen LogP contribution is -2.48. The van der Waals surface area contributed by atoms with Crippen LogP contribution in [0, 0.1) is 18.3 Å². The standard InChI is InChI=1S/C14H19N3O2S/c1-13-3-2-4-14(11-13)12-20(18,19)17-9-7-16(6-5-15)8-10-17/h2-4,11H,6-10,12H2,1H3. The quantitative estimate of drug-likeness (QED) is 0.776. The maximum Gasteiger partial charge on any atom is 0.218 e. The summed E-state index contributed by atoms with van der Waals surface area (Å²) in [6.07, 6.45) is 0. The predicted molar refractivity (Wildman–Crippen MR) is 77.4 cm³/mol. The fourth-order valence-corrected chi connectivity index (χ4v) is 3.87. The first-order valence-corrected chi connectivity index (χ1v) is 8.25. The van der Waals surface area contributed by atoms with E-state index in [1.54, 1.807) is 0 Å². The van der Waals surface area contributed by atoms with Gasteiger partial charge in [-0.3, -0.25) is 4.90 Å². The summed E-state index contributed by atoms with van der Waals surface area (Å²) in [7, 11) is -3.27. The highest BCUT2D eigenvalue weighted by Gasteiger charge is 2.26. The summed E-state index contributed by atoms with van der Waals surface area (Å²) in [4.78, 5) is 1.97. The van der Waals surface area contributed by atoms with E-state index in [-0.39, 0.29) is 5.75 Å². The second kappa shape index (κ2) is 6.35. The van der Waals surface area contributed by atoms with E-state index in [2.05, 4.69) is 6.07 Å². The lowest BCUT2D eigenvalue weighted by molar-refractivity contribution is 0.206. The third kappa shape index (κ3) is 3.79. The van der Waals surface area contributed by atoms with Crippen LogP contribution in [0.2, 0.25) is 0 Å². The summed E-state index contributed by atoms with van der Waals surface area (Å²) in [5, 5.41) is 8.64. The number of aryl methyl sites for hydroxylation is 1. The molecule has 108 valence electrons. The molecule has 1 fully saturated rings. The molecule has 1 aromatic rings. The molecule has 1 saturated heterocycles. The van der Waals surface area contributed by atoms with Gasteiger partial charge in [0.15, 0.2) is 0 Å². The van der Waals surface area contributed by atoms with Crippen molar-refractivity contribution in [2.75, 3.05) is 32.7 Å². The zero-order valence-electron chi connectivity index (χ0n) is 11.6. The van der Waals surface area contributed by atoms with Gasteiger partial charge in [0.25, 0.3) is 0 Å². The van der Waals surface area contributed by atoms with E-state index >= 15 is 0 Å². The van der Waals surface area contributed by atoms with Crippen LogP contribution in [0.1, 0.15) is 11.1 Å². The van der Waals surface area contributed by atoms with Gasteiger partial charge in [0.2, 0.25) is 10.0 Å². The first kappa shape index (κ1) is 15.0. The largest absolute Gasteiger partial charge is 0.288 e. The van der Waals surface area contributed by atoms with E-state index in [1.807, 2.05) is 36.1 Å². The van der Waals surface area contributed by atoms with Gasteiger partial charge < -0.3 is 0 Å². The third-order valence-electron chi connectivity index (χ3n) is 3.45. The molecule has 1 heterocycles. The van der Waals surface area contributed by atoms with Crippen molar-refractivity contribution in [3.63, 3.8) is 0 Å². The van der Waals surface area contributed by atoms with Gasteiger partial charge in [-0.05, 0) is 12.5 Å². The number of benzene rings is 1. The lowest BCUT2D eigenvalue weighted by Gasteiger charge is -2.32. The van der Waals surface area contributed by atoms with Crippen LogP contribution < -0.4 is 0 Å². The Morgan fingerprint density at radius 1 is 1.25 bits per heavy atom. The zero-order chi connectivity index (χ0) is 14.6. The van der Waals surface area contributed by atoms with Gasteiger partial charge in [0.1, 0.15) is 0 Å². The van der Waals surface area contributed by atoms with E-state index < -0.39 is 10.0 Å². The van der Waals surface area contributed by atoms with Gasteiger partial charge in [-0.15, -0.1) is 0 Å². The van der Waals surface area contributed by atoms with Crippen molar-refractivity contribution < 1.29 is 8.42 Å². The number of sulfonamides is 1. The monoisotopic (exact) mass is 293 g/mol. The maximum atomic E-state index is 12.4. The van der Waals surface area contributed by atoms with Crippen LogP contribution in [0.3, 0.4) is 0 Å². The summed E-state index contributed by atoms with van der Waals surface area (Å²) in [5.41, 5.74) is 1.89. The number of piperazine rings is 1. The van der Waals surface area contributed by atoms with Crippen molar-refractivity contribution in [2.45, 2.75) is 12.7 Å². The molecule has 0 aliphatic carbocycles. The molecule has 0 aromatic heterocycles. The minimum absolute atomic E-state index is 0.0485. The van der Waals surface area contributed by atoms with Crippen LogP contribution >= 0.6 is 0 Å². The summed E-state index contributed by atoms with van der Waals surface area (Å²) in [5.74, 6) is 0.0485. The highest BCUT2D eigenvalue weighted by atomic mass is 32.2. The van der Waals surface area contributed by atoms with Crippen LogP contribution in [0.25, 0.3) is 0 Å². The Kier molecular flexibility index (Phi) is 4.76. The highest BCUT2D eigenvalue weighted by molar-refractivity contribution is 7.88.